The fourth-order valence-corrected chi connectivity index (χ4v) is 2.42. The van der Waals surface area contributed by atoms with Crippen molar-refractivity contribution in [1.29, 1.82) is 0 Å². The minimum absolute atomic E-state index is 0.263. The summed E-state index contributed by atoms with van der Waals surface area (Å²) in [5.41, 5.74) is 9.52. The number of benzene rings is 1. The molecule has 0 aliphatic rings. The largest absolute Gasteiger partial charge is 0.368 e. The second-order valence-electron chi connectivity index (χ2n) is 5.21. The van der Waals surface area contributed by atoms with Gasteiger partial charge in [0.2, 0.25) is 5.95 Å². The van der Waals surface area contributed by atoms with E-state index >= 15 is 0 Å². The molecule has 0 aliphatic heterocycles. The van der Waals surface area contributed by atoms with Crippen molar-refractivity contribution in [2.45, 2.75) is 26.2 Å². The number of pyridine rings is 1. The van der Waals surface area contributed by atoms with Gasteiger partial charge < -0.3 is 5.73 Å². The predicted molar refractivity (Wildman–Crippen MR) is 85.8 cm³/mol. The molecule has 2 aromatic heterocycles. The monoisotopic (exact) mass is 296 g/mol. The van der Waals surface area contributed by atoms with Crippen molar-refractivity contribution in [3.05, 3.63) is 47.9 Å². The Morgan fingerprint density at radius 2 is 1.95 bits per heavy atom. The van der Waals surface area contributed by atoms with Crippen molar-refractivity contribution in [2.24, 2.45) is 0 Å². The summed E-state index contributed by atoms with van der Waals surface area (Å²) in [5, 5.41) is 0. The zero-order valence-electron chi connectivity index (χ0n) is 12.4. The number of nitrogens with two attached hydrogens (primary N) is 1. The van der Waals surface area contributed by atoms with E-state index in [1.54, 1.807) is 6.07 Å². The Morgan fingerprint density at radius 1 is 1.09 bits per heavy atom. The lowest BCUT2D eigenvalue weighted by Crippen LogP contribution is -2.03. The molecular weight excluding hydrogens is 279 g/mol. The Hall–Kier alpha value is -2.56. The second kappa shape index (κ2) is 6.05. The first-order valence-electron chi connectivity index (χ1n) is 7.36. The molecule has 2 N–H and O–H groups in total. The zero-order valence-corrected chi connectivity index (χ0v) is 12.4. The van der Waals surface area contributed by atoms with Crippen molar-refractivity contribution < 1.29 is 4.39 Å². The van der Waals surface area contributed by atoms with Gasteiger partial charge in [0.25, 0.3) is 0 Å². The number of nitrogen functional groups attached to an aromatic ring is 1. The molecule has 0 bridgehead atoms. The first-order chi connectivity index (χ1) is 10.7. The molecule has 0 saturated carbocycles. The molecule has 2 heterocycles. The molecule has 3 rings (SSSR count). The van der Waals surface area contributed by atoms with Gasteiger partial charge in [-0.1, -0.05) is 25.5 Å². The summed E-state index contributed by atoms with van der Waals surface area (Å²) in [6, 6.07) is 10.1. The smallest absolute Gasteiger partial charge is 0.220 e. The van der Waals surface area contributed by atoms with Gasteiger partial charge in [-0.3, -0.25) is 0 Å². The van der Waals surface area contributed by atoms with E-state index in [9.17, 15) is 4.39 Å². The predicted octanol–water partition coefficient (Wildman–Crippen LogP) is 3.76. The van der Waals surface area contributed by atoms with E-state index in [-0.39, 0.29) is 11.8 Å². The molecule has 4 nitrogen and oxygen atoms in total. The summed E-state index contributed by atoms with van der Waals surface area (Å²) in [6.07, 6.45) is 2.88. The molecule has 1 aromatic carbocycles. The number of anilines is 1. The van der Waals surface area contributed by atoms with E-state index in [4.69, 9.17) is 5.73 Å². The summed E-state index contributed by atoms with van der Waals surface area (Å²) in [6.45, 7) is 2.12. The normalized spacial score (nSPS) is 11.0. The number of hydrogen-bond donors (Lipinski definition) is 1. The summed E-state index contributed by atoms with van der Waals surface area (Å²) in [5.74, 6) is -0.0157. The number of aryl methyl sites for hydroxylation is 1. The number of nitrogens with zero attached hydrogens (tertiary/aromatic N) is 3. The maximum Gasteiger partial charge on any atom is 0.220 e. The van der Waals surface area contributed by atoms with Crippen LogP contribution in [-0.2, 0) is 6.42 Å². The first kappa shape index (κ1) is 14.4. The minimum Gasteiger partial charge on any atom is -0.368 e. The van der Waals surface area contributed by atoms with Crippen LogP contribution in [0.25, 0.3) is 22.3 Å². The van der Waals surface area contributed by atoms with Gasteiger partial charge in [-0.05, 0) is 37.1 Å². The highest BCUT2D eigenvalue weighted by molar-refractivity contribution is 5.80. The Balaban J connectivity index is 2.13. The van der Waals surface area contributed by atoms with Crippen molar-refractivity contribution in [1.82, 2.24) is 15.0 Å². The Morgan fingerprint density at radius 3 is 2.73 bits per heavy atom. The summed E-state index contributed by atoms with van der Waals surface area (Å²) in [4.78, 5) is 13.2. The lowest BCUT2D eigenvalue weighted by Gasteiger charge is -2.08. The van der Waals surface area contributed by atoms with Gasteiger partial charge in [0.15, 0.2) is 0 Å². The standard InChI is InChI=1S/C17H17FN4/c1-2-3-7-14-16-15(22-17(19)21-14)9-8-13(20-16)11-5-4-6-12(18)10-11/h4-6,8-10H,2-3,7H2,1H3,(H2,19,21,22). The molecule has 0 spiro atoms. The molecule has 0 amide bonds. The van der Waals surface area contributed by atoms with Gasteiger partial charge in [0.1, 0.15) is 11.3 Å². The van der Waals surface area contributed by atoms with Crippen molar-refractivity contribution in [3.63, 3.8) is 0 Å². The first-order valence-corrected chi connectivity index (χ1v) is 7.36. The van der Waals surface area contributed by atoms with Crippen LogP contribution < -0.4 is 5.73 Å². The van der Waals surface area contributed by atoms with E-state index < -0.39 is 0 Å². The van der Waals surface area contributed by atoms with Gasteiger partial charge in [-0.15, -0.1) is 0 Å². The van der Waals surface area contributed by atoms with Crippen LogP contribution in [0.1, 0.15) is 25.5 Å². The molecule has 3 aromatic rings. The Labute approximate surface area is 128 Å². The number of unbranched alkanes of at least 4 members (excludes halogenated alkanes) is 1. The highest BCUT2D eigenvalue weighted by Gasteiger charge is 2.10. The number of rotatable bonds is 4. The van der Waals surface area contributed by atoms with Crippen LogP contribution in [-0.4, -0.2) is 15.0 Å². The minimum atomic E-state index is -0.279. The fourth-order valence-electron chi connectivity index (χ4n) is 2.42. The quantitative estimate of drug-likeness (QED) is 0.796. The molecule has 0 saturated heterocycles. The van der Waals surface area contributed by atoms with Crippen molar-refractivity contribution in [3.8, 4) is 11.3 Å². The topological polar surface area (TPSA) is 64.7 Å². The van der Waals surface area contributed by atoms with Gasteiger partial charge in [0, 0.05) is 5.56 Å². The summed E-state index contributed by atoms with van der Waals surface area (Å²) in [7, 11) is 0. The Bertz CT molecular complexity index is 817. The second-order valence-corrected chi connectivity index (χ2v) is 5.21. The van der Waals surface area contributed by atoms with Gasteiger partial charge in [-0.25, -0.2) is 19.3 Å². The molecule has 5 heteroatoms. The van der Waals surface area contributed by atoms with Crippen LogP contribution in [0.2, 0.25) is 0 Å². The number of aromatic nitrogens is 3. The summed E-state index contributed by atoms with van der Waals surface area (Å²) >= 11 is 0. The van der Waals surface area contributed by atoms with Crippen molar-refractivity contribution in [2.75, 3.05) is 5.73 Å². The van der Waals surface area contributed by atoms with Gasteiger partial charge >= 0.3 is 0 Å². The number of hydrogen-bond acceptors (Lipinski definition) is 4. The van der Waals surface area contributed by atoms with E-state index in [2.05, 4.69) is 21.9 Å². The van der Waals surface area contributed by atoms with Crippen LogP contribution >= 0.6 is 0 Å². The number of halogens is 1. The van der Waals surface area contributed by atoms with E-state index in [0.717, 1.165) is 41.6 Å². The van der Waals surface area contributed by atoms with E-state index in [1.807, 2.05) is 18.2 Å². The lowest BCUT2D eigenvalue weighted by molar-refractivity contribution is 0.628. The Kier molecular flexibility index (Phi) is 3.96. The lowest BCUT2D eigenvalue weighted by atomic mass is 10.1. The van der Waals surface area contributed by atoms with Crippen LogP contribution in [0.4, 0.5) is 10.3 Å². The van der Waals surface area contributed by atoms with E-state index in [0.29, 0.717) is 5.69 Å². The van der Waals surface area contributed by atoms with Crippen LogP contribution in [0.15, 0.2) is 36.4 Å². The maximum atomic E-state index is 13.4. The molecule has 0 fully saturated rings. The highest BCUT2D eigenvalue weighted by Crippen LogP contribution is 2.23. The summed E-state index contributed by atoms with van der Waals surface area (Å²) < 4.78 is 13.4. The fraction of sp³-hybridized carbons (Fsp3) is 0.235. The van der Waals surface area contributed by atoms with Crippen molar-refractivity contribution >= 4 is 17.0 Å². The van der Waals surface area contributed by atoms with Crippen LogP contribution in [0.3, 0.4) is 0 Å². The van der Waals surface area contributed by atoms with E-state index in [1.165, 1.54) is 12.1 Å². The van der Waals surface area contributed by atoms with Crippen LogP contribution in [0, 0.1) is 5.82 Å². The zero-order chi connectivity index (χ0) is 15.5. The maximum absolute atomic E-state index is 13.4. The third kappa shape index (κ3) is 2.88. The SMILES string of the molecule is CCCCc1nc(N)nc2ccc(-c3cccc(F)c3)nc12. The molecule has 0 radical (unpaired) electrons. The molecule has 0 aliphatic carbocycles. The molecule has 0 atom stereocenters. The third-order valence-electron chi connectivity index (χ3n) is 3.52. The molecule has 0 unspecified atom stereocenters. The van der Waals surface area contributed by atoms with Gasteiger partial charge in [0.05, 0.1) is 16.9 Å². The van der Waals surface area contributed by atoms with Gasteiger partial charge in [-0.2, -0.15) is 0 Å². The number of fused-ring (bicyclic) bond motifs is 1. The van der Waals surface area contributed by atoms with Crippen LogP contribution in [0.5, 0.6) is 0 Å². The average molecular weight is 296 g/mol. The molecule has 112 valence electrons. The highest BCUT2D eigenvalue weighted by atomic mass is 19.1. The third-order valence-corrected chi connectivity index (χ3v) is 3.52. The average Bonchev–Trinajstić information content (AvgIpc) is 2.52. The molecule has 22 heavy (non-hydrogen) atoms. The molecular formula is C17H17FN4.